The van der Waals surface area contributed by atoms with Crippen LogP contribution in [0.3, 0.4) is 0 Å². The molecule has 0 amide bonds. The Balaban J connectivity index is 2.26. The Morgan fingerprint density at radius 3 is 2.48 bits per heavy atom. The summed E-state index contributed by atoms with van der Waals surface area (Å²) in [5, 5.41) is 3.62. The second kappa shape index (κ2) is 6.78. The first-order valence-corrected chi connectivity index (χ1v) is 8.43. The molecule has 1 aliphatic rings. The van der Waals surface area contributed by atoms with Gasteiger partial charge >= 0.3 is 0 Å². The fourth-order valence-corrected chi connectivity index (χ4v) is 2.47. The van der Waals surface area contributed by atoms with Crippen LogP contribution in [0.4, 0.5) is 5.82 Å². The standard InChI is InChI=1S/C18H31N3/c1-6-10-21(7-2)17-12-14(13-19-15-8-9-15)11-16(20-17)18(3,4)5/h11-12,15,19H,6-10,13H2,1-5H3. The average molecular weight is 289 g/mol. The highest BCUT2D eigenvalue weighted by Gasteiger charge is 2.22. The highest BCUT2D eigenvalue weighted by Crippen LogP contribution is 2.26. The first-order valence-electron chi connectivity index (χ1n) is 8.43. The first kappa shape index (κ1) is 16.3. The van der Waals surface area contributed by atoms with Gasteiger partial charge in [0.25, 0.3) is 0 Å². The van der Waals surface area contributed by atoms with Crippen LogP contribution < -0.4 is 10.2 Å². The van der Waals surface area contributed by atoms with Crippen LogP contribution in [0.5, 0.6) is 0 Å². The number of anilines is 1. The van der Waals surface area contributed by atoms with Crippen LogP contribution in [0.15, 0.2) is 12.1 Å². The minimum absolute atomic E-state index is 0.0932. The van der Waals surface area contributed by atoms with E-state index in [1.54, 1.807) is 0 Å². The van der Waals surface area contributed by atoms with Gasteiger partial charge in [0.15, 0.2) is 0 Å². The summed E-state index contributed by atoms with van der Waals surface area (Å²) in [4.78, 5) is 7.32. The molecule has 0 radical (unpaired) electrons. The molecule has 1 aromatic heterocycles. The van der Waals surface area contributed by atoms with Crippen LogP contribution in [-0.4, -0.2) is 24.1 Å². The number of rotatable bonds is 7. The highest BCUT2D eigenvalue weighted by molar-refractivity contribution is 5.44. The molecule has 0 atom stereocenters. The second-order valence-corrected chi connectivity index (χ2v) is 7.20. The minimum Gasteiger partial charge on any atom is -0.357 e. The predicted molar refractivity (Wildman–Crippen MR) is 91.0 cm³/mol. The Kier molecular flexibility index (Phi) is 5.26. The number of nitrogens with zero attached hydrogens (tertiary/aromatic N) is 2. The molecule has 0 aliphatic heterocycles. The van der Waals surface area contributed by atoms with Crippen molar-refractivity contribution in [1.82, 2.24) is 10.3 Å². The van der Waals surface area contributed by atoms with E-state index in [9.17, 15) is 0 Å². The van der Waals surface area contributed by atoms with Gasteiger partial charge in [0.05, 0.1) is 0 Å². The summed E-state index contributed by atoms with van der Waals surface area (Å²) in [6, 6.07) is 5.29. The van der Waals surface area contributed by atoms with Crippen LogP contribution >= 0.6 is 0 Å². The molecule has 3 heteroatoms. The number of nitrogens with one attached hydrogen (secondary N) is 1. The van der Waals surface area contributed by atoms with Crippen LogP contribution in [0.1, 0.15) is 65.1 Å². The van der Waals surface area contributed by atoms with Crippen molar-refractivity contribution in [1.29, 1.82) is 0 Å². The Bertz CT molecular complexity index is 458. The zero-order chi connectivity index (χ0) is 15.5. The van der Waals surface area contributed by atoms with Crippen molar-refractivity contribution in [3.63, 3.8) is 0 Å². The highest BCUT2D eigenvalue weighted by atomic mass is 15.2. The van der Waals surface area contributed by atoms with Crippen molar-refractivity contribution < 1.29 is 0 Å². The maximum Gasteiger partial charge on any atom is 0.129 e. The monoisotopic (exact) mass is 289 g/mol. The molecule has 1 N–H and O–H groups in total. The normalized spacial score (nSPS) is 15.3. The summed E-state index contributed by atoms with van der Waals surface area (Å²) in [5.41, 5.74) is 2.66. The molecule has 0 spiro atoms. The number of pyridine rings is 1. The summed E-state index contributed by atoms with van der Waals surface area (Å²) >= 11 is 0. The van der Waals surface area contributed by atoms with Gasteiger partial charge < -0.3 is 10.2 Å². The van der Waals surface area contributed by atoms with Crippen molar-refractivity contribution in [3.05, 3.63) is 23.4 Å². The van der Waals surface area contributed by atoms with Crippen molar-refractivity contribution in [3.8, 4) is 0 Å². The molecule has 0 saturated heterocycles. The van der Waals surface area contributed by atoms with Gasteiger partial charge in [0.1, 0.15) is 5.82 Å². The predicted octanol–water partition coefficient (Wildman–Crippen LogP) is 3.87. The topological polar surface area (TPSA) is 28.2 Å². The van der Waals surface area contributed by atoms with E-state index in [1.807, 2.05) is 0 Å². The molecule has 1 saturated carbocycles. The van der Waals surface area contributed by atoms with Crippen LogP contribution in [-0.2, 0) is 12.0 Å². The molecular weight excluding hydrogens is 258 g/mol. The van der Waals surface area contributed by atoms with Gasteiger partial charge in [0, 0.05) is 36.8 Å². The third-order valence-electron chi connectivity index (χ3n) is 4.01. The zero-order valence-electron chi connectivity index (χ0n) is 14.4. The first-order chi connectivity index (χ1) is 9.94. The molecule has 0 unspecified atom stereocenters. The summed E-state index contributed by atoms with van der Waals surface area (Å²) in [6.45, 7) is 14.2. The van der Waals surface area contributed by atoms with E-state index in [0.29, 0.717) is 0 Å². The molecule has 0 bridgehead atoms. The van der Waals surface area contributed by atoms with Gasteiger partial charge in [0.2, 0.25) is 0 Å². The maximum absolute atomic E-state index is 4.94. The third kappa shape index (κ3) is 4.70. The molecule has 1 aromatic rings. The zero-order valence-corrected chi connectivity index (χ0v) is 14.4. The Morgan fingerprint density at radius 2 is 1.95 bits per heavy atom. The average Bonchev–Trinajstić information content (AvgIpc) is 3.25. The number of hydrogen-bond acceptors (Lipinski definition) is 3. The lowest BCUT2D eigenvalue weighted by molar-refractivity contribution is 0.564. The molecule has 21 heavy (non-hydrogen) atoms. The maximum atomic E-state index is 4.94. The Morgan fingerprint density at radius 1 is 1.24 bits per heavy atom. The largest absolute Gasteiger partial charge is 0.357 e. The summed E-state index contributed by atoms with van der Waals surface area (Å²) in [6.07, 6.45) is 3.83. The Labute approximate surface area is 130 Å². The second-order valence-electron chi connectivity index (χ2n) is 7.20. The van der Waals surface area contributed by atoms with Gasteiger partial charge in [-0.25, -0.2) is 4.98 Å². The van der Waals surface area contributed by atoms with Gasteiger partial charge in [-0.15, -0.1) is 0 Å². The van der Waals surface area contributed by atoms with Gasteiger partial charge in [-0.2, -0.15) is 0 Å². The van der Waals surface area contributed by atoms with Crippen molar-refractivity contribution in [2.24, 2.45) is 0 Å². The van der Waals surface area contributed by atoms with E-state index in [4.69, 9.17) is 4.98 Å². The van der Waals surface area contributed by atoms with Crippen LogP contribution in [0.25, 0.3) is 0 Å². The smallest absolute Gasteiger partial charge is 0.129 e. The molecule has 118 valence electrons. The van der Waals surface area contributed by atoms with Crippen LogP contribution in [0.2, 0.25) is 0 Å². The van der Waals surface area contributed by atoms with E-state index < -0.39 is 0 Å². The third-order valence-corrected chi connectivity index (χ3v) is 4.01. The van der Waals surface area contributed by atoms with Gasteiger partial charge in [-0.1, -0.05) is 27.7 Å². The number of aromatic nitrogens is 1. The van der Waals surface area contributed by atoms with E-state index in [2.05, 4.69) is 57.0 Å². The van der Waals surface area contributed by atoms with Crippen molar-refractivity contribution in [2.75, 3.05) is 18.0 Å². The number of hydrogen-bond donors (Lipinski definition) is 1. The molecular formula is C18H31N3. The van der Waals surface area contributed by atoms with E-state index in [-0.39, 0.29) is 5.41 Å². The van der Waals surface area contributed by atoms with E-state index in [0.717, 1.165) is 37.9 Å². The molecule has 0 aromatic carbocycles. The Hall–Kier alpha value is -1.09. The fourth-order valence-electron chi connectivity index (χ4n) is 2.47. The van der Waals surface area contributed by atoms with Crippen LogP contribution in [0, 0.1) is 0 Å². The minimum atomic E-state index is 0.0932. The SMILES string of the molecule is CCCN(CC)c1cc(CNC2CC2)cc(C(C)(C)C)n1. The summed E-state index contributed by atoms with van der Waals surface area (Å²) in [5.74, 6) is 1.14. The molecule has 1 fully saturated rings. The van der Waals surface area contributed by atoms with Gasteiger partial charge in [-0.05, 0) is 43.9 Å². The van der Waals surface area contributed by atoms with E-state index >= 15 is 0 Å². The van der Waals surface area contributed by atoms with Crippen molar-refractivity contribution >= 4 is 5.82 Å². The quantitative estimate of drug-likeness (QED) is 0.826. The lowest BCUT2D eigenvalue weighted by Gasteiger charge is -2.26. The van der Waals surface area contributed by atoms with E-state index in [1.165, 1.54) is 24.1 Å². The molecule has 3 nitrogen and oxygen atoms in total. The summed E-state index contributed by atoms with van der Waals surface area (Å²) < 4.78 is 0. The van der Waals surface area contributed by atoms with Crippen molar-refractivity contribution in [2.45, 2.75) is 71.9 Å². The fraction of sp³-hybridized carbons (Fsp3) is 0.722. The van der Waals surface area contributed by atoms with Gasteiger partial charge in [-0.3, -0.25) is 0 Å². The molecule has 1 aliphatic carbocycles. The molecule has 1 heterocycles. The lowest BCUT2D eigenvalue weighted by atomic mass is 9.90. The lowest BCUT2D eigenvalue weighted by Crippen LogP contribution is -2.27. The summed E-state index contributed by atoms with van der Waals surface area (Å²) in [7, 11) is 0. The molecule has 2 rings (SSSR count).